The van der Waals surface area contributed by atoms with Gasteiger partial charge in [-0.3, -0.25) is 22.4 Å². The second-order valence-corrected chi connectivity index (χ2v) is 31.1. The Morgan fingerprint density at radius 3 is 1.43 bits per heavy atom. The first-order valence-electron chi connectivity index (χ1n) is 39.0. The van der Waals surface area contributed by atoms with Gasteiger partial charge in [0.25, 0.3) is 5.91 Å². The number of rotatable bonds is 12. The lowest BCUT2D eigenvalue weighted by Gasteiger charge is -2.31. The summed E-state index contributed by atoms with van der Waals surface area (Å²) in [5.41, 5.74) is 42.5. The van der Waals surface area contributed by atoms with Gasteiger partial charge in [0, 0.05) is 134 Å². The van der Waals surface area contributed by atoms with Gasteiger partial charge in [-0.25, -0.2) is 49.2 Å². The molecule has 25 nitrogen and oxygen atoms in total. The maximum atomic E-state index is 14.0. The maximum absolute atomic E-state index is 14.0. The van der Waals surface area contributed by atoms with Crippen LogP contribution in [0.25, 0.3) is 122 Å². The van der Waals surface area contributed by atoms with Crippen molar-refractivity contribution < 1.29 is 13.9 Å². The molecule has 6 aromatic carbocycles. The van der Waals surface area contributed by atoms with E-state index in [2.05, 4.69) is 134 Å². The van der Waals surface area contributed by atoms with Gasteiger partial charge in [0.2, 0.25) is 0 Å². The molecule has 27 heteroatoms. The number of ether oxygens (including phenoxy) is 1. The molecule has 3 saturated carbocycles. The summed E-state index contributed by atoms with van der Waals surface area (Å²) in [4.78, 5) is 73.3. The SMILES string of the molecule is Nc1nccn2c(C3CCC3)nc(-c3cc4c(Br)cccc4[nH]3)c12.Nc1nccn2c(C3CCC3)nc(-c3cc4c(F)cccc4[nH]3)c12.Nc1nccn2c(C3CCC3)nc(-c3cc4cccc(OCc5ccccc5)c4[nH]3)c12.Nc1nccn2c(C3CCN(C(=O)c4ccc5nc[nH]c5c4)CC3)nc(-c3cc4ccccc4[nH]3)c12. The quantitative estimate of drug-likeness (QED) is 0.0549. The molecule has 0 unspecified atom stereocenters. The van der Waals surface area contributed by atoms with Crippen molar-refractivity contribution >= 4 is 122 Å². The number of imidazole rings is 5. The monoisotopic (exact) mass is 1590 g/mol. The van der Waals surface area contributed by atoms with E-state index in [1.165, 1.54) is 51.0 Å². The lowest BCUT2D eigenvalue weighted by Crippen LogP contribution is -2.38. The van der Waals surface area contributed by atoms with Crippen LogP contribution in [-0.2, 0) is 6.61 Å². The van der Waals surface area contributed by atoms with Crippen LogP contribution in [0.4, 0.5) is 27.7 Å². The summed E-state index contributed by atoms with van der Waals surface area (Å²) in [6.07, 6.45) is 28.7. The average Bonchev–Trinajstić information content (AvgIpc) is 1.61. The number of fused-ring (bicyclic) bond motifs is 9. The number of piperidine rings is 1. The number of carbonyl (C=O) groups is 1. The zero-order chi connectivity index (χ0) is 77.5. The van der Waals surface area contributed by atoms with Crippen LogP contribution in [0.15, 0.2) is 212 Å². The van der Waals surface area contributed by atoms with Gasteiger partial charge < -0.3 is 57.5 Å². The van der Waals surface area contributed by atoms with E-state index < -0.39 is 0 Å². The first-order chi connectivity index (χ1) is 56.4. The molecule has 0 radical (unpaired) electrons. The molecule has 4 aliphatic rings. The summed E-state index contributed by atoms with van der Waals surface area (Å²) < 4.78 is 29.6. The third-order valence-corrected chi connectivity index (χ3v) is 24.0. The number of carbonyl (C=O) groups excluding carboxylic acids is 1. The number of nitrogens with one attached hydrogen (secondary N) is 5. The van der Waals surface area contributed by atoms with Crippen molar-refractivity contribution in [1.82, 2.24) is 92.3 Å². The average molecular weight is 1590 g/mol. The summed E-state index contributed by atoms with van der Waals surface area (Å²) >= 11 is 3.61. The molecule has 115 heavy (non-hydrogen) atoms. The van der Waals surface area contributed by atoms with Gasteiger partial charge in [0.1, 0.15) is 110 Å². The molecule has 14 heterocycles. The predicted molar refractivity (Wildman–Crippen MR) is 451 cm³/mol. The molecule has 4 fully saturated rings. The number of hydrogen-bond donors (Lipinski definition) is 9. The molecular formula is C88H79BrFN23O2. The van der Waals surface area contributed by atoms with E-state index in [9.17, 15) is 9.18 Å². The molecule has 23 rings (SSSR count). The molecule has 13 N–H and O–H groups in total. The van der Waals surface area contributed by atoms with E-state index >= 15 is 0 Å². The zero-order valence-electron chi connectivity index (χ0n) is 62.5. The highest BCUT2D eigenvalue weighted by molar-refractivity contribution is 9.10. The van der Waals surface area contributed by atoms with Crippen LogP contribution >= 0.6 is 15.9 Å². The van der Waals surface area contributed by atoms with E-state index in [4.69, 9.17) is 47.6 Å². The first kappa shape index (κ1) is 70.4. The summed E-state index contributed by atoms with van der Waals surface area (Å²) in [6.45, 7) is 1.85. The summed E-state index contributed by atoms with van der Waals surface area (Å²) in [5, 5.41) is 3.90. The Bertz CT molecular complexity index is 6710. The highest BCUT2D eigenvalue weighted by atomic mass is 79.9. The van der Waals surface area contributed by atoms with Crippen molar-refractivity contribution in [1.29, 1.82) is 0 Å². The molecule has 0 spiro atoms. The number of nitrogens with zero attached hydrogens (tertiary/aromatic N) is 14. The van der Waals surface area contributed by atoms with Crippen LogP contribution in [0.2, 0.25) is 0 Å². The third kappa shape index (κ3) is 12.8. The molecular weight excluding hydrogens is 1510 g/mol. The van der Waals surface area contributed by atoms with E-state index in [0.29, 0.717) is 71.7 Å². The minimum Gasteiger partial charge on any atom is -0.487 e. The number of nitrogen functional groups attached to an aromatic ring is 4. The number of para-hydroxylation sites is 2. The number of halogens is 2. The number of aromatic amines is 5. The van der Waals surface area contributed by atoms with Crippen molar-refractivity contribution in [2.24, 2.45) is 0 Å². The fourth-order valence-electron chi connectivity index (χ4n) is 16.6. The largest absolute Gasteiger partial charge is 0.487 e. The van der Waals surface area contributed by atoms with Gasteiger partial charge >= 0.3 is 0 Å². The molecule has 13 aromatic heterocycles. The van der Waals surface area contributed by atoms with E-state index in [-0.39, 0.29) is 17.6 Å². The topological polar surface area (TPSA) is 346 Å². The molecule has 1 aliphatic heterocycles. The van der Waals surface area contributed by atoms with Crippen LogP contribution in [0, 0.1) is 5.82 Å². The number of hydrogen-bond acceptors (Lipinski definition) is 15. The van der Waals surface area contributed by atoms with Gasteiger partial charge in [0.15, 0.2) is 0 Å². The van der Waals surface area contributed by atoms with Crippen LogP contribution in [0.3, 0.4) is 0 Å². The fraction of sp³-hybridized carbons (Fsp3) is 0.205. The highest BCUT2D eigenvalue weighted by Gasteiger charge is 2.33. The van der Waals surface area contributed by atoms with Crippen molar-refractivity contribution in [3.05, 3.63) is 252 Å². The lowest BCUT2D eigenvalue weighted by atomic mass is 9.85. The number of nitrogens with two attached hydrogens (primary N) is 4. The Kier molecular flexibility index (Phi) is 17.8. The lowest BCUT2D eigenvalue weighted by molar-refractivity contribution is 0.0711. The minimum atomic E-state index is -0.246. The zero-order valence-corrected chi connectivity index (χ0v) is 64.1. The van der Waals surface area contributed by atoms with E-state index in [1.54, 1.807) is 43.2 Å². The number of likely N-dealkylation sites (tertiary alicyclic amines) is 1. The van der Waals surface area contributed by atoms with Crippen LogP contribution in [-0.4, -0.2) is 111 Å². The van der Waals surface area contributed by atoms with Crippen LogP contribution in [0.5, 0.6) is 5.75 Å². The Labute approximate surface area is 664 Å². The highest BCUT2D eigenvalue weighted by Crippen LogP contribution is 2.45. The summed E-state index contributed by atoms with van der Waals surface area (Å²) in [5.74, 6) is 8.32. The predicted octanol–water partition coefficient (Wildman–Crippen LogP) is 18.0. The fourth-order valence-corrected chi connectivity index (χ4v) is 17.1. The smallest absolute Gasteiger partial charge is 0.253 e. The maximum Gasteiger partial charge on any atom is 0.253 e. The number of amides is 1. The van der Waals surface area contributed by atoms with Gasteiger partial charge in [-0.2, -0.15) is 0 Å². The second-order valence-electron chi connectivity index (χ2n) is 30.2. The molecule has 3 aliphatic carbocycles. The molecule has 1 saturated heterocycles. The van der Waals surface area contributed by atoms with E-state index in [0.717, 1.165) is 182 Å². The van der Waals surface area contributed by atoms with Crippen molar-refractivity contribution in [3.8, 4) is 51.3 Å². The molecule has 0 atom stereocenters. The Hall–Kier alpha value is -13.7. The first-order valence-corrected chi connectivity index (χ1v) is 39.8. The van der Waals surface area contributed by atoms with E-state index in [1.807, 2.05) is 113 Å². The van der Waals surface area contributed by atoms with Crippen molar-refractivity contribution in [2.75, 3.05) is 36.0 Å². The van der Waals surface area contributed by atoms with Gasteiger partial charge in [-0.1, -0.05) is 108 Å². The number of H-pyrrole nitrogens is 5. The van der Waals surface area contributed by atoms with Gasteiger partial charge in [0.05, 0.1) is 45.7 Å². The standard InChI is InChI=1S/C27H24N8O.C25H23N5O.C18H16BrN5.C18H16FN5/c28-25-24-23(22-13-17-3-1-2-4-19(17)32-22)33-26(35(24)12-9-29-25)16-7-10-34(11-8-16)27(36)18-5-6-20-21(14-18)31-15-30-20;26-24-23-22(29-25(17-8-4-9-17)30(23)13-12-27-24)19-14-18-10-5-11-20(21(18)28-19)31-15-16-6-2-1-3-7-16;2*19-12-5-2-6-13-11(12)9-14(22-13)15-16-17(20)21-7-8-24(16)18(23-15)10-3-1-4-10/h1-6,9,12-16,32H,7-8,10-11H2,(H2,28,29)(H,30,31);1-3,5-7,10-14,17,28H,4,8-9,15H2,(H2,26,27);2*2,5-10,22H,1,3-4H2,(H2,20,21). The van der Waals surface area contributed by atoms with Gasteiger partial charge in [-0.15, -0.1) is 0 Å². The Morgan fingerprint density at radius 1 is 0.452 bits per heavy atom. The molecule has 0 bridgehead atoms. The number of benzene rings is 6. The Morgan fingerprint density at radius 2 is 0.904 bits per heavy atom. The summed E-state index contributed by atoms with van der Waals surface area (Å²) in [6, 6.07) is 49.3. The van der Waals surface area contributed by atoms with Gasteiger partial charge in [-0.05, 0) is 136 Å². The molecule has 19 aromatic rings. The summed E-state index contributed by atoms with van der Waals surface area (Å²) in [7, 11) is 0. The molecule has 572 valence electrons. The minimum absolute atomic E-state index is 0.0464. The number of aromatic nitrogens is 18. The second kappa shape index (κ2) is 29.1. The molecule has 1 amide bonds. The van der Waals surface area contributed by atoms with Crippen molar-refractivity contribution in [2.45, 2.75) is 101 Å². The van der Waals surface area contributed by atoms with Crippen molar-refractivity contribution in [3.63, 3.8) is 0 Å². The normalized spacial score (nSPS) is 14.8. The number of anilines is 4. The van der Waals surface area contributed by atoms with Crippen LogP contribution < -0.4 is 27.7 Å². The Balaban J connectivity index is 0.000000101. The third-order valence-electron chi connectivity index (χ3n) is 23.3. The van der Waals surface area contributed by atoms with Crippen LogP contribution in [0.1, 0.15) is 134 Å².